The van der Waals surface area contributed by atoms with Gasteiger partial charge >= 0.3 is 0 Å². The molecule has 24 heavy (non-hydrogen) atoms. The Balaban J connectivity index is 1.60. The number of anilines is 2. The van der Waals surface area contributed by atoms with Crippen LogP contribution in [0.2, 0.25) is 0 Å². The van der Waals surface area contributed by atoms with E-state index in [1.807, 2.05) is 29.2 Å². The topological polar surface area (TPSA) is 61.9 Å². The molecule has 0 radical (unpaired) electrons. The first-order valence-corrected chi connectivity index (χ1v) is 8.23. The van der Waals surface area contributed by atoms with Gasteiger partial charge in [0.2, 0.25) is 0 Å². The van der Waals surface area contributed by atoms with E-state index in [0.717, 1.165) is 43.9 Å². The molecule has 1 aliphatic rings. The summed E-state index contributed by atoms with van der Waals surface area (Å²) in [7, 11) is 3.70. The van der Waals surface area contributed by atoms with Crippen LogP contribution in [0.15, 0.2) is 33.9 Å². The lowest BCUT2D eigenvalue weighted by Crippen LogP contribution is -2.50. The summed E-state index contributed by atoms with van der Waals surface area (Å²) in [4.78, 5) is 28.1. The second-order valence-electron chi connectivity index (χ2n) is 6.20. The number of nitrogens with zero attached hydrogens (tertiary/aromatic N) is 2. The Labute approximate surface area is 141 Å². The van der Waals surface area contributed by atoms with E-state index < -0.39 is 5.43 Å². The zero-order valence-electron chi connectivity index (χ0n) is 14.2. The molecule has 6 nitrogen and oxygen atoms in total. The van der Waals surface area contributed by atoms with Crippen molar-refractivity contribution in [3.8, 4) is 5.75 Å². The fourth-order valence-electron chi connectivity index (χ4n) is 3.00. The second-order valence-corrected chi connectivity index (χ2v) is 6.20. The first-order valence-electron chi connectivity index (χ1n) is 8.23. The summed E-state index contributed by atoms with van der Waals surface area (Å²) in [5, 5.41) is 3.16. The molecular formula is C18H23N3O3. The normalized spacial score (nSPS) is 15.7. The summed E-state index contributed by atoms with van der Waals surface area (Å²) in [5.41, 5.74) is 1.47. The van der Waals surface area contributed by atoms with E-state index in [2.05, 4.69) is 17.3 Å². The number of likely N-dealkylation sites (N-methyl/N-ethyl adjacent to an activating group) is 1. The number of benzene rings is 1. The van der Waals surface area contributed by atoms with Gasteiger partial charge in [0.05, 0.1) is 7.11 Å². The van der Waals surface area contributed by atoms with Crippen molar-refractivity contribution in [2.24, 2.45) is 0 Å². The van der Waals surface area contributed by atoms with E-state index in [1.165, 1.54) is 0 Å². The zero-order valence-corrected chi connectivity index (χ0v) is 14.2. The molecule has 128 valence electrons. The van der Waals surface area contributed by atoms with Crippen molar-refractivity contribution in [1.82, 2.24) is 4.90 Å². The van der Waals surface area contributed by atoms with Crippen molar-refractivity contribution in [1.29, 1.82) is 0 Å². The molecule has 0 aromatic heterocycles. The molecule has 1 N–H and O–H groups in total. The molecule has 2 aromatic rings. The fraction of sp³-hybridized carbons (Fsp3) is 0.444. The maximum Gasteiger partial charge on any atom is 0.253 e. The van der Waals surface area contributed by atoms with Gasteiger partial charge in [-0.15, -0.1) is 0 Å². The van der Waals surface area contributed by atoms with E-state index in [-0.39, 0.29) is 5.43 Å². The maximum atomic E-state index is 11.9. The predicted molar refractivity (Wildman–Crippen MR) is 96.3 cm³/mol. The number of hydrogen-bond acceptors (Lipinski definition) is 6. The largest absolute Gasteiger partial charge is 0.497 e. The quantitative estimate of drug-likeness (QED) is 0.787. The minimum Gasteiger partial charge on any atom is -0.497 e. The Morgan fingerprint density at radius 3 is 2.33 bits per heavy atom. The Morgan fingerprint density at radius 1 is 1.04 bits per heavy atom. The standard InChI is InChI=1S/C18H23N3O3/c1-20-9-11-21(12-10-20)16-15(17(22)18(16)23)19-8-7-13-3-5-14(24-2)6-4-13/h3-6,19H,7-12H2,1-2H3. The third-order valence-electron chi connectivity index (χ3n) is 4.58. The number of ether oxygens (including phenoxy) is 1. The van der Waals surface area contributed by atoms with Gasteiger partial charge < -0.3 is 19.9 Å². The van der Waals surface area contributed by atoms with E-state index in [9.17, 15) is 9.59 Å². The Kier molecular flexibility index (Phi) is 4.85. The molecule has 1 aliphatic heterocycles. The predicted octanol–water partition coefficient (Wildman–Crippen LogP) is 0.698. The van der Waals surface area contributed by atoms with Gasteiger partial charge in [-0.3, -0.25) is 9.59 Å². The third-order valence-corrected chi connectivity index (χ3v) is 4.58. The first-order chi connectivity index (χ1) is 11.6. The van der Waals surface area contributed by atoms with Crippen LogP contribution in [0, 0.1) is 0 Å². The lowest BCUT2D eigenvalue weighted by molar-refractivity contribution is 0.312. The van der Waals surface area contributed by atoms with Crippen molar-refractivity contribution >= 4 is 11.4 Å². The molecule has 1 heterocycles. The first kappa shape index (κ1) is 16.5. The van der Waals surface area contributed by atoms with Gasteiger partial charge in [-0.05, 0) is 31.2 Å². The van der Waals surface area contributed by atoms with Crippen molar-refractivity contribution in [2.45, 2.75) is 6.42 Å². The minimum absolute atomic E-state index is 0.355. The molecule has 1 fully saturated rings. The van der Waals surface area contributed by atoms with Crippen molar-refractivity contribution < 1.29 is 4.74 Å². The van der Waals surface area contributed by atoms with Gasteiger partial charge in [-0.1, -0.05) is 12.1 Å². The third kappa shape index (κ3) is 3.28. The average Bonchev–Trinajstić information content (AvgIpc) is 2.62. The summed E-state index contributed by atoms with van der Waals surface area (Å²) < 4.78 is 5.14. The van der Waals surface area contributed by atoms with Crippen LogP contribution < -0.4 is 25.8 Å². The van der Waals surface area contributed by atoms with Gasteiger partial charge in [0.15, 0.2) is 0 Å². The molecule has 0 spiro atoms. The van der Waals surface area contributed by atoms with Crippen molar-refractivity contribution in [2.75, 3.05) is 57.1 Å². The number of methoxy groups -OCH3 is 1. The van der Waals surface area contributed by atoms with E-state index in [4.69, 9.17) is 4.74 Å². The van der Waals surface area contributed by atoms with Gasteiger partial charge in [0.1, 0.15) is 17.1 Å². The monoisotopic (exact) mass is 329 g/mol. The molecule has 0 aliphatic carbocycles. The van der Waals surface area contributed by atoms with Gasteiger partial charge in [0.25, 0.3) is 10.9 Å². The molecule has 6 heteroatoms. The van der Waals surface area contributed by atoms with Crippen molar-refractivity contribution in [3.05, 3.63) is 50.3 Å². The molecule has 1 saturated heterocycles. The highest BCUT2D eigenvalue weighted by Crippen LogP contribution is 2.21. The second kappa shape index (κ2) is 7.05. The Morgan fingerprint density at radius 2 is 1.71 bits per heavy atom. The summed E-state index contributed by atoms with van der Waals surface area (Å²) >= 11 is 0. The van der Waals surface area contributed by atoms with Crippen molar-refractivity contribution in [3.63, 3.8) is 0 Å². The van der Waals surface area contributed by atoms with E-state index in [0.29, 0.717) is 17.9 Å². The number of hydrogen-bond donors (Lipinski definition) is 1. The van der Waals surface area contributed by atoms with Crippen LogP contribution >= 0.6 is 0 Å². The summed E-state index contributed by atoms with van der Waals surface area (Å²) in [6, 6.07) is 7.85. The van der Waals surface area contributed by atoms with Crippen LogP contribution in [-0.2, 0) is 6.42 Å². The van der Waals surface area contributed by atoms with Crippen LogP contribution in [0.4, 0.5) is 11.4 Å². The zero-order chi connectivity index (χ0) is 17.1. The molecule has 0 bridgehead atoms. The Bertz CT molecular complexity index is 755. The fourth-order valence-corrected chi connectivity index (χ4v) is 3.00. The minimum atomic E-state index is -0.390. The summed E-state index contributed by atoms with van der Waals surface area (Å²) in [6.07, 6.45) is 0.783. The summed E-state index contributed by atoms with van der Waals surface area (Å²) in [6.45, 7) is 4.01. The molecule has 2 aromatic carbocycles. The van der Waals surface area contributed by atoms with Crippen LogP contribution in [0.3, 0.4) is 0 Å². The summed E-state index contributed by atoms with van der Waals surface area (Å²) in [5.74, 6) is 0.825. The van der Waals surface area contributed by atoms with Crippen LogP contribution in [-0.4, -0.2) is 51.8 Å². The lowest BCUT2D eigenvalue weighted by Gasteiger charge is -2.35. The Hall–Kier alpha value is -2.34. The van der Waals surface area contributed by atoms with E-state index in [1.54, 1.807) is 7.11 Å². The molecule has 0 saturated carbocycles. The lowest BCUT2D eigenvalue weighted by atomic mass is 10.1. The smallest absolute Gasteiger partial charge is 0.253 e. The number of nitrogens with one attached hydrogen (secondary N) is 1. The number of rotatable bonds is 6. The maximum absolute atomic E-state index is 11.9. The SMILES string of the molecule is COc1ccc(CCNc2c(N3CCN(C)CC3)c(=O)c2=O)cc1. The molecule has 0 atom stereocenters. The number of piperazine rings is 1. The molecule has 0 unspecified atom stereocenters. The van der Waals surface area contributed by atoms with Gasteiger partial charge in [-0.2, -0.15) is 0 Å². The molecular weight excluding hydrogens is 306 g/mol. The van der Waals surface area contributed by atoms with Gasteiger partial charge in [-0.25, -0.2) is 0 Å². The molecule has 0 amide bonds. The molecule has 3 rings (SSSR count). The van der Waals surface area contributed by atoms with Crippen LogP contribution in [0.1, 0.15) is 5.56 Å². The highest BCUT2D eigenvalue weighted by molar-refractivity contribution is 5.75. The van der Waals surface area contributed by atoms with Crippen LogP contribution in [0.25, 0.3) is 0 Å². The highest BCUT2D eigenvalue weighted by atomic mass is 16.5. The highest BCUT2D eigenvalue weighted by Gasteiger charge is 2.27. The van der Waals surface area contributed by atoms with E-state index >= 15 is 0 Å². The van der Waals surface area contributed by atoms with Crippen LogP contribution in [0.5, 0.6) is 5.75 Å². The van der Waals surface area contributed by atoms with Gasteiger partial charge in [0, 0.05) is 32.7 Å². The average molecular weight is 329 g/mol.